The molecule has 0 unspecified atom stereocenters. The van der Waals surface area contributed by atoms with Crippen LogP contribution in [0.5, 0.6) is 5.88 Å². The molecule has 0 atom stereocenters. The Labute approximate surface area is 126 Å². The number of aromatic nitrogens is 2. The highest BCUT2D eigenvalue weighted by Gasteiger charge is 2.25. The van der Waals surface area contributed by atoms with E-state index >= 15 is 0 Å². The van der Waals surface area contributed by atoms with E-state index in [0.29, 0.717) is 19.6 Å². The van der Waals surface area contributed by atoms with Crippen molar-refractivity contribution in [2.24, 2.45) is 5.73 Å². The maximum absolute atomic E-state index is 11.1. The number of nitro groups is 1. The number of carbonyl (C=O) groups is 1. The standard InChI is InChI=1S/C12H18N4O6/c13-12(17)22-5-1-4-21-11-10(16(18)19)8-15(14-11)9-2-6-20-7-3-9/h8-9H,1-7H2,(H2,13,17). The number of rotatable bonds is 7. The SMILES string of the molecule is NC(=O)OCCCOc1nn(C2CCOCC2)cc1[N+](=O)[O-]. The molecule has 1 aliphatic heterocycles. The number of carbonyl (C=O) groups excluding carboxylic acids is 1. The predicted octanol–water partition coefficient (Wildman–Crippen LogP) is 1.01. The van der Waals surface area contributed by atoms with Gasteiger partial charge in [0.2, 0.25) is 0 Å². The molecular weight excluding hydrogens is 296 g/mol. The molecule has 0 radical (unpaired) electrons. The molecule has 1 aromatic heterocycles. The van der Waals surface area contributed by atoms with Gasteiger partial charge in [-0.05, 0) is 12.8 Å². The molecule has 0 aliphatic carbocycles. The lowest BCUT2D eigenvalue weighted by molar-refractivity contribution is -0.386. The Balaban J connectivity index is 1.95. The molecule has 2 heterocycles. The summed E-state index contributed by atoms with van der Waals surface area (Å²) in [7, 11) is 0. The third kappa shape index (κ3) is 4.32. The van der Waals surface area contributed by atoms with Gasteiger partial charge in [0.25, 0.3) is 0 Å². The summed E-state index contributed by atoms with van der Waals surface area (Å²) in [6, 6.07) is 0.0722. The van der Waals surface area contributed by atoms with Crippen molar-refractivity contribution >= 4 is 11.8 Å². The smallest absolute Gasteiger partial charge is 0.404 e. The van der Waals surface area contributed by atoms with Gasteiger partial charge in [0, 0.05) is 19.6 Å². The van der Waals surface area contributed by atoms with Crippen LogP contribution in [0, 0.1) is 10.1 Å². The maximum atomic E-state index is 11.1. The molecule has 1 amide bonds. The van der Waals surface area contributed by atoms with Gasteiger partial charge in [-0.2, -0.15) is 0 Å². The first kappa shape index (κ1) is 16.0. The zero-order valence-corrected chi connectivity index (χ0v) is 12.0. The molecule has 1 aromatic rings. The minimum Gasteiger partial charge on any atom is -0.472 e. The van der Waals surface area contributed by atoms with Crippen LogP contribution in [0.1, 0.15) is 25.3 Å². The van der Waals surface area contributed by atoms with Crippen molar-refractivity contribution in [3.05, 3.63) is 16.3 Å². The van der Waals surface area contributed by atoms with Crippen LogP contribution in [0.4, 0.5) is 10.5 Å². The van der Waals surface area contributed by atoms with Crippen LogP contribution in [0.15, 0.2) is 6.20 Å². The Morgan fingerprint density at radius 1 is 1.50 bits per heavy atom. The van der Waals surface area contributed by atoms with E-state index in [1.807, 2.05) is 0 Å². The van der Waals surface area contributed by atoms with Crippen LogP contribution in [-0.2, 0) is 9.47 Å². The average molecular weight is 314 g/mol. The summed E-state index contributed by atoms with van der Waals surface area (Å²) in [6.45, 7) is 1.45. The van der Waals surface area contributed by atoms with Crippen LogP contribution >= 0.6 is 0 Å². The van der Waals surface area contributed by atoms with E-state index in [9.17, 15) is 14.9 Å². The fourth-order valence-corrected chi connectivity index (χ4v) is 2.13. The minimum absolute atomic E-state index is 0.0319. The maximum Gasteiger partial charge on any atom is 0.404 e. The Morgan fingerprint density at radius 2 is 2.23 bits per heavy atom. The quantitative estimate of drug-likeness (QED) is 0.451. The van der Waals surface area contributed by atoms with E-state index in [4.69, 9.17) is 15.2 Å². The topological polar surface area (TPSA) is 132 Å². The van der Waals surface area contributed by atoms with Crippen molar-refractivity contribution in [1.29, 1.82) is 0 Å². The van der Waals surface area contributed by atoms with Gasteiger partial charge in [-0.1, -0.05) is 0 Å². The number of hydrogen-bond donors (Lipinski definition) is 1. The largest absolute Gasteiger partial charge is 0.472 e. The Kier molecular flexibility index (Phi) is 5.53. The van der Waals surface area contributed by atoms with Gasteiger partial charge in [-0.25, -0.2) is 4.79 Å². The Bertz CT molecular complexity index is 526. The van der Waals surface area contributed by atoms with E-state index < -0.39 is 11.0 Å². The molecule has 2 N–H and O–H groups in total. The van der Waals surface area contributed by atoms with E-state index in [-0.39, 0.29) is 30.8 Å². The monoisotopic (exact) mass is 314 g/mol. The van der Waals surface area contributed by atoms with Gasteiger partial charge in [-0.15, -0.1) is 5.10 Å². The second kappa shape index (κ2) is 7.59. The molecule has 1 fully saturated rings. The highest BCUT2D eigenvalue weighted by Crippen LogP contribution is 2.29. The molecule has 122 valence electrons. The summed E-state index contributed by atoms with van der Waals surface area (Å²) >= 11 is 0. The number of hydrogen-bond acceptors (Lipinski definition) is 7. The third-order valence-corrected chi connectivity index (χ3v) is 3.21. The van der Waals surface area contributed by atoms with E-state index in [0.717, 1.165) is 12.8 Å². The molecule has 0 spiro atoms. The molecule has 0 saturated carbocycles. The average Bonchev–Trinajstić information content (AvgIpc) is 2.92. The van der Waals surface area contributed by atoms with E-state index in [1.165, 1.54) is 6.20 Å². The molecule has 10 nitrogen and oxygen atoms in total. The molecule has 0 bridgehead atoms. The van der Waals surface area contributed by atoms with Gasteiger partial charge in [0.05, 0.1) is 24.2 Å². The fourth-order valence-electron chi connectivity index (χ4n) is 2.13. The first-order valence-electron chi connectivity index (χ1n) is 6.94. The molecule has 0 aromatic carbocycles. The predicted molar refractivity (Wildman–Crippen MR) is 73.6 cm³/mol. The zero-order chi connectivity index (χ0) is 15.9. The molecule has 1 saturated heterocycles. The van der Waals surface area contributed by atoms with Gasteiger partial charge in [0.1, 0.15) is 6.20 Å². The second-order valence-corrected chi connectivity index (χ2v) is 4.77. The van der Waals surface area contributed by atoms with Crippen LogP contribution in [0.3, 0.4) is 0 Å². The van der Waals surface area contributed by atoms with Crippen LogP contribution in [0.25, 0.3) is 0 Å². The second-order valence-electron chi connectivity index (χ2n) is 4.77. The molecule has 2 rings (SSSR count). The van der Waals surface area contributed by atoms with Crippen molar-refractivity contribution in [2.45, 2.75) is 25.3 Å². The van der Waals surface area contributed by atoms with Crippen molar-refractivity contribution in [1.82, 2.24) is 9.78 Å². The highest BCUT2D eigenvalue weighted by molar-refractivity contribution is 5.64. The first-order chi connectivity index (χ1) is 10.6. The Morgan fingerprint density at radius 3 is 2.86 bits per heavy atom. The summed E-state index contributed by atoms with van der Waals surface area (Å²) in [6.07, 6.45) is 2.39. The van der Waals surface area contributed by atoms with Crippen LogP contribution in [0.2, 0.25) is 0 Å². The van der Waals surface area contributed by atoms with Crippen molar-refractivity contribution < 1.29 is 23.9 Å². The van der Waals surface area contributed by atoms with Gasteiger partial charge >= 0.3 is 17.7 Å². The minimum atomic E-state index is -0.866. The highest BCUT2D eigenvalue weighted by atomic mass is 16.6. The lowest BCUT2D eigenvalue weighted by Crippen LogP contribution is -2.20. The number of nitrogens with two attached hydrogens (primary N) is 1. The van der Waals surface area contributed by atoms with E-state index in [2.05, 4.69) is 9.84 Å². The molecule has 22 heavy (non-hydrogen) atoms. The van der Waals surface area contributed by atoms with Gasteiger partial charge in [0.15, 0.2) is 0 Å². The number of ether oxygens (including phenoxy) is 3. The van der Waals surface area contributed by atoms with Crippen molar-refractivity contribution in [2.75, 3.05) is 26.4 Å². The zero-order valence-electron chi connectivity index (χ0n) is 12.0. The number of primary amides is 1. The lowest BCUT2D eigenvalue weighted by atomic mass is 10.1. The lowest BCUT2D eigenvalue weighted by Gasteiger charge is -2.21. The summed E-state index contributed by atoms with van der Waals surface area (Å²) in [5.41, 5.74) is 4.64. The van der Waals surface area contributed by atoms with Crippen molar-refractivity contribution in [3.8, 4) is 5.88 Å². The van der Waals surface area contributed by atoms with E-state index in [1.54, 1.807) is 4.68 Å². The van der Waals surface area contributed by atoms with Gasteiger partial charge < -0.3 is 19.9 Å². The molecular formula is C12H18N4O6. The number of amides is 1. The Hall–Kier alpha value is -2.36. The van der Waals surface area contributed by atoms with Crippen LogP contribution < -0.4 is 10.5 Å². The molecule has 1 aliphatic rings. The van der Waals surface area contributed by atoms with Crippen LogP contribution in [-0.4, -0.2) is 47.2 Å². The van der Waals surface area contributed by atoms with Gasteiger partial charge in [-0.3, -0.25) is 14.8 Å². The summed E-state index contributed by atoms with van der Waals surface area (Å²) in [4.78, 5) is 20.9. The normalized spacial score (nSPS) is 15.5. The molecule has 10 heteroatoms. The summed E-state index contributed by atoms with van der Waals surface area (Å²) < 4.78 is 16.7. The first-order valence-corrected chi connectivity index (χ1v) is 6.94. The fraction of sp³-hybridized carbons (Fsp3) is 0.667. The van der Waals surface area contributed by atoms with Crippen molar-refractivity contribution in [3.63, 3.8) is 0 Å². The summed E-state index contributed by atoms with van der Waals surface area (Å²) in [5.74, 6) is -0.0319. The summed E-state index contributed by atoms with van der Waals surface area (Å²) in [5, 5.41) is 15.2. The third-order valence-electron chi connectivity index (χ3n) is 3.21. The number of nitrogens with zero attached hydrogens (tertiary/aromatic N) is 3.